The van der Waals surface area contributed by atoms with Crippen LogP contribution in [-0.2, 0) is 0 Å². The number of ether oxygens (including phenoxy) is 1. The van der Waals surface area contributed by atoms with E-state index >= 15 is 0 Å². The number of H-pyrrole nitrogens is 1. The zero-order valence-corrected chi connectivity index (χ0v) is 14.4. The molecule has 0 aliphatic carbocycles. The first-order valence-electron chi connectivity index (χ1n) is 7.84. The van der Waals surface area contributed by atoms with E-state index in [1.54, 1.807) is 18.5 Å². The van der Waals surface area contributed by atoms with Crippen LogP contribution in [-0.4, -0.2) is 47.1 Å². The van der Waals surface area contributed by atoms with Crippen LogP contribution in [0.15, 0.2) is 24.5 Å². The van der Waals surface area contributed by atoms with E-state index in [1.165, 1.54) is 0 Å². The van der Waals surface area contributed by atoms with Crippen LogP contribution in [0.4, 0.5) is 0 Å². The lowest BCUT2D eigenvalue weighted by Gasteiger charge is -2.28. The molecule has 0 aromatic carbocycles. The third kappa shape index (κ3) is 3.17. The Morgan fingerprint density at radius 2 is 2.12 bits per heavy atom. The summed E-state index contributed by atoms with van der Waals surface area (Å²) >= 11 is 0. The molecule has 0 radical (unpaired) electrons. The summed E-state index contributed by atoms with van der Waals surface area (Å²) in [5.41, 5.74) is 1.99. The van der Waals surface area contributed by atoms with E-state index in [1.807, 2.05) is 6.07 Å². The fourth-order valence-corrected chi connectivity index (χ4v) is 3.04. The van der Waals surface area contributed by atoms with Gasteiger partial charge < -0.3 is 14.6 Å². The van der Waals surface area contributed by atoms with Crippen LogP contribution in [0.5, 0.6) is 5.75 Å². The maximum absolute atomic E-state index is 9.10. The van der Waals surface area contributed by atoms with Gasteiger partial charge in [-0.3, -0.25) is 0 Å². The van der Waals surface area contributed by atoms with Gasteiger partial charge in [-0.25, -0.2) is 9.97 Å². The molecular weight excluding hydrogens is 302 g/mol. The van der Waals surface area contributed by atoms with Gasteiger partial charge in [0.05, 0.1) is 23.7 Å². The van der Waals surface area contributed by atoms with Gasteiger partial charge in [0, 0.05) is 23.5 Å². The first kappa shape index (κ1) is 16.2. The Balaban J connectivity index is 2.00. The Hall–Kier alpha value is -2.65. The van der Waals surface area contributed by atoms with Crippen LogP contribution < -0.4 is 4.74 Å². The highest BCUT2D eigenvalue weighted by Gasteiger charge is 2.21. The van der Waals surface area contributed by atoms with Crippen molar-refractivity contribution in [2.24, 2.45) is 5.41 Å². The summed E-state index contributed by atoms with van der Waals surface area (Å²) < 4.78 is 6.13. The standard InChI is InChI=1S/C18H21N5O/c1-18(2,10-23(3)4)11-24-15-5-6-20-17-16(15)13-7-12(8-19)21-9-14(13)22-17/h5-7,9H,10-11H2,1-4H3,(H,20,22). The van der Waals surface area contributed by atoms with Crippen molar-refractivity contribution in [3.8, 4) is 11.8 Å². The lowest BCUT2D eigenvalue weighted by molar-refractivity contribution is 0.142. The highest BCUT2D eigenvalue weighted by atomic mass is 16.5. The van der Waals surface area contributed by atoms with Gasteiger partial charge in [0.25, 0.3) is 0 Å². The van der Waals surface area contributed by atoms with E-state index in [4.69, 9.17) is 10.00 Å². The molecule has 24 heavy (non-hydrogen) atoms. The first-order chi connectivity index (χ1) is 11.4. The molecule has 0 saturated carbocycles. The van der Waals surface area contributed by atoms with Gasteiger partial charge in [0.1, 0.15) is 23.2 Å². The minimum absolute atomic E-state index is 0.0184. The first-order valence-corrected chi connectivity index (χ1v) is 7.84. The molecule has 3 aromatic rings. The monoisotopic (exact) mass is 323 g/mol. The second kappa shape index (κ2) is 6.10. The molecule has 0 atom stereocenters. The van der Waals surface area contributed by atoms with Crippen molar-refractivity contribution in [2.45, 2.75) is 13.8 Å². The van der Waals surface area contributed by atoms with Crippen molar-refractivity contribution in [1.29, 1.82) is 5.26 Å². The summed E-state index contributed by atoms with van der Waals surface area (Å²) in [7, 11) is 4.12. The van der Waals surface area contributed by atoms with Gasteiger partial charge in [0.2, 0.25) is 0 Å². The molecule has 6 heteroatoms. The summed E-state index contributed by atoms with van der Waals surface area (Å²) in [4.78, 5) is 13.9. The summed E-state index contributed by atoms with van der Waals surface area (Å²) in [6.45, 7) is 5.88. The number of hydrogen-bond acceptors (Lipinski definition) is 5. The van der Waals surface area contributed by atoms with E-state index in [9.17, 15) is 0 Å². The molecule has 6 nitrogen and oxygen atoms in total. The predicted octanol–water partition coefficient (Wildman–Crippen LogP) is 2.95. The number of aromatic nitrogens is 3. The van der Waals surface area contributed by atoms with E-state index in [-0.39, 0.29) is 5.41 Å². The van der Waals surface area contributed by atoms with Gasteiger partial charge in [-0.1, -0.05) is 13.8 Å². The highest BCUT2D eigenvalue weighted by Crippen LogP contribution is 2.32. The minimum Gasteiger partial charge on any atom is -0.492 e. The fraction of sp³-hybridized carbons (Fsp3) is 0.389. The van der Waals surface area contributed by atoms with Crippen molar-refractivity contribution < 1.29 is 4.74 Å². The van der Waals surface area contributed by atoms with Crippen molar-refractivity contribution >= 4 is 21.9 Å². The fourth-order valence-electron chi connectivity index (χ4n) is 3.04. The number of hydrogen-bond donors (Lipinski definition) is 1. The number of aromatic amines is 1. The Labute approximate surface area is 141 Å². The minimum atomic E-state index is 0.0184. The summed E-state index contributed by atoms with van der Waals surface area (Å²) in [5.74, 6) is 0.771. The van der Waals surface area contributed by atoms with Crippen molar-refractivity contribution in [3.63, 3.8) is 0 Å². The molecule has 3 heterocycles. The molecule has 0 unspecified atom stereocenters. The lowest BCUT2D eigenvalue weighted by atomic mass is 9.94. The molecule has 0 aliphatic rings. The molecule has 124 valence electrons. The molecule has 0 spiro atoms. The molecule has 0 aliphatic heterocycles. The molecule has 3 aromatic heterocycles. The Kier molecular flexibility index (Phi) is 4.12. The van der Waals surface area contributed by atoms with Gasteiger partial charge in [-0.05, 0) is 26.2 Å². The van der Waals surface area contributed by atoms with E-state index in [0.717, 1.165) is 34.2 Å². The average molecular weight is 323 g/mol. The number of nitriles is 1. The van der Waals surface area contributed by atoms with E-state index in [2.05, 4.69) is 53.9 Å². The number of nitrogens with zero attached hydrogens (tertiary/aromatic N) is 4. The zero-order valence-electron chi connectivity index (χ0n) is 14.4. The van der Waals surface area contributed by atoms with Crippen molar-refractivity contribution in [1.82, 2.24) is 19.9 Å². The zero-order chi connectivity index (χ0) is 17.3. The van der Waals surface area contributed by atoms with Crippen molar-refractivity contribution in [2.75, 3.05) is 27.2 Å². The van der Waals surface area contributed by atoms with Crippen LogP contribution in [0.25, 0.3) is 21.9 Å². The predicted molar refractivity (Wildman–Crippen MR) is 93.9 cm³/mol. The van der Waals surface area contributed by atoms with Crippen LogP contribution in [0.3, 0.4) is 0 Å². The third-order valence-electron chi connectivity index (χ3n) is 3.82. The second-order valence-corrected chi connectivity index (χ2v) is 7.08. The maximum Gasteiger partial charge on any atom is 0.142 e. The van der Waals surface area contributed by atoms with Crippen LogP contribution in [0.2, 0.25) is 0 Å². The summed E-state index contributed by atoms with van der Waals surface area (Å²) in [6.07, 6.45) is 3.39. The smallest absolute Gasteiger partial charge is 0.142 e. The number of pyridine rings is 2. The van der Waals surface area contributed by atoms with Gasteiger partial charge >= 0.3 is 0 Å². The molecule has 0 fully saturated rings. The topological polar surface area (TPSA) is 77.8 Å². The summed E-state index contributed by atoms with van der Waals surface area (Å²) in [6, 6.07) is 5.72. The Morgan fingerprint density at radius 3 is 2.83 bits per heavy atom. The number of rotatable bonds is 5. The SMILES string of the molecule is CN(C)CC(C)(C)COc1ccnc2[nH]c3cnc(C#N)cc3c12. The van der Waals surface area contributed by atoms with Gasteiger partial charge in [-0.15, -0.1) is 0 Å². The van der Waals surface area contributed by atoms with Crippen LogP contribution in [0.1, 0.15) is 19.5 Å². The van der Waals surface area contributed by atoms with Crippen LogP contribution >= 0.6 is 0 Å². The number of nitrogens with one attached hydrogen (secondary N) is 1. The average Bonchev–Trinajstić information content (AvgIpc) is 2.89. The molecule has 3 rings (SSSR count). The molecule has 1 N–H and O–H groups in total. The van der Waals surface area contributed by atoms with Crippen LogP contribution in [0, 0.1) is 16.7 Å². The van der Waals surface area contributed by atoms with Gasteiger partial charge in [-0.2, -0.15) is 5.26 Å². The Morgan fingerprint density at radius 1 is 1.33 bits per heavy atom. The Bertz CT molecular complexity index is 920. The van der Waals surface area contributed by atoms with E-state index < -0.39 is 0 Å². The number of fused-ring (bicyclic) bond motifs is 3. The molecule has 0 saturated heterocycles. The van der Waals surface area contributed by atoms with E-state index in [0.29, 0.717) is 12.3 Å². The van der Waals surface area contributed by atoms with Gasteiger partial charge in [0.15, 0.2) is 0 Å². The lowest BCUT2D eigenvalue weighted by Crippen LogP contribution is -2.33. The van der Waals surface area contributed by atoms with Crippen molar-refractivity contribution in [3.05, 3.63) is 30.2 Å². The summed E-state index contributed by atoms with van der Waals surface area (Å²) in [5, 5.41) is 10.9. The third-order valence-corrected chi connectivity index (χ3v) is 3.82. The molecule has 0 bridgehead atoms. The highest BCUT2D eigenvalue weighted by molar-refractivity contribution is 6.09. The normalized spacial score (nSPS) is 12.0. The maximum atomic E-state index is 9.10. The quantitative estimate of drug-likeness (QED) is 0.781. The molecule has 0 amide bonds. The molecular formula is C18H21N5O. The largest absolute Gasteiger partial charge is 0.492 e. The second-order valence-electron chi connectivity index (χ2n) is 7.08.